The highest BCUT2D eigenvalue weighted by molar-refractivity contribution is 7.19. The number of H-pyrrole nitrogens is 1. The van der Waals surface area contributed by atoms with Gasteiger partial charge >= 0.3 is 0 Å². The van der Waals surface area contributed by atoms with E-state index in [2.05, 4.69) is 15.1 Å². The van der Waals surface area contributed by atoms with Crippen LogP contribution >= 0.6 is 11.3 Å². The van der Waals surface area contributed by atoms with Crippen LogP contribution in [0.4, 0.5) is 4.39 Å². The molecule has 0 aliphatic carbocycles. The summed E-state index contributed by atoms with van der Waals surface area (Å²) >= 11 is 1.28. The number of aryl methyl sites for hydroxylation is 1. The Balaban J connectivity index is 1.93. The number of rotatable bonds is 8. The SMILES string of the molecule is CN(Cc1ccc[nH]c1=O)/N=C\c1c(C=O)n(C)c2nc(CC(N)=C(F)C=N)sc12. The highest BCUT2D eigenvalue weighted by atomic mass is 32.1. The van der Waals surface area contributed by atoms with Crippen molar-refractivity contribution >= 4 is 40.4 Å². The number of aldehydes is 1. The first-order valence-electron chi connectivity index (χ1n) is 8.85. The molecule has 30 heavy (non-hydrogen) atoms. The fourth-order valence-electron chi connectivity index (χ4n) is 2.88. The second-order valence-corrected chi connectivity index (χ2v) is 7.60. The molecule has 0 amide bonds. The second-order valence-electron chi connectivity index (χ2n) is 6.52. The lowest BCUT2D eigenvalue weighted by Crippen LogP contribution is -2.19. The number of aromatic amines is 1. The predicted octanol–water partition coefficient (Wildman–Crippen LogP) is 1.93. The van der Waals surface area contributed by atoms with E-state index in [-0.39, 0.29) is 24.2 Å². The molecule has 0 saturated heterocycles. The van der Waals surface area contributed by atoms with Gasteiger partial charge < -0.3 is 20.7 Å². The molecule has 11 heteroatoms. The summed E-state index contributed by atoms with van der Waals surface area (Å²) < 4.78 is 15.8. The maximum absolute atomic E-state index is 13.5. The summed E-state index contributed by atoms with van der Waals surface area (Å²) in [6.45, 7) is 0.289. The van der Waals surface area contributed by atoms with E-state index in [0.717, 1.165) is 6.29 Å². The number of hydrogen-bond donors (Lipinski definition) is 3. The zero-order chi connectivity index (χ0) is 21.8. The van der Waals surface area contributed by atoms with E-state index in [1.165, 1.54) is 11.3 Å². The minimum absolute atomic E-state index is 0.0598. The average molecular weight is 429 g/mol. The number of nitrogens with two attached hydrogens (primary N) is 1. The van der Waals surface area contributed by atoms with Gasteiger partial charge in [0.2, 0.25) is 0 Å². The van der Waals surface area contributed by atoms with Crippen molar-refractivity contribution in [1.29, 1.82) is 5.41 Å². The zero-order valence-corrected chi connectivity index (χ0v) is 17.2. The van der Waals surface area contributed by atoms with E-state index < -0.39 is 5.83 Å². The van der Waals surface area contributed by atoms with Crippen molar-refractivity contribution in [3.63, 3.8) is 0 Å². The third-order valence-corrected chi connectivity index (χ3v) is 5.50. The molecule has 156 valence electrons. The molecule has 0 spiro atoms. The highest BCUT2D eigenvalue weighted by Gasteiger charge is 2.19. The number of hydrogen-bond acceptors (Lipinski definition) is 8. The number of thiazole rings is 1. The standard InChI is InChI=1S/C19H20FN7O2S/c1-26(9-11-4-3-5-23-19(11)29)24-8-12-15(10-28)27(2)18-17(12)30-16(25-18)6-14(22)13(20)7-21/h3-5,7-8,10,21H,6,9,22H2,1-2H3,(H,23,29)/b14-13?,21-7?,24-8-. The van der Waals surface area contributed by atoms with Crippen molar-refractivity contribution in [2.75, 3.05) is 7.05 Å². The van der Waals surface area contributed by atoms with Crippen LogP contribution in [0.3, 0.4) is 0 Å². The van der Waals surface area contributed by atoms with Crippen molar-refractivity contribution in [3.8, 4) is 0 Å². The number of halogens is 1. The summed E-state index contributed by atoms with van der Waals surface area (Å²) in [5.41, 5.74) is 7.49. The van der Waals surface area contributed by atoms with E-state index in [0.29, 0.717) is 38.4 Å². The van der Waals surface area contributed by atoms with Crippen LogP contribution in [-0.2, 0) is 20.0 Å². The first-order valence-corrected chi connectivity index (χ1v) is 9.66. The van der Waals surface area contributed by atoms with Crippen LogP contribution in [0.1, 0.15) is 26.6 Å². The molecule has 0 bridgehead atoms. The minimum atomic E-state index is -0.804. The molecular weight excluding hydrogens is 409 g/mol. The number of fused-ring (bicyclic) bond motifs is 1. The third kappa shape index (κ3) is 4.20. The van der Waals surface area contributed by atoms with Gasteiger partial charge in [-0.15, -0.1) is 11.3 Å². The number of carbonyl (C=O) groups is 1. The van der Waals surface area contributed by atoms with Crippen molar-refractivity contribution in [1.82, 2.24) is 19.5 Å². The largest absolute Gasteiger partial charge is 0.399 e. The van der Waals surface area contributed by atoms with Gasteiger partial charge in [0.15, 0.2) is 17.8 Å². The number of pyridine rings is 1. The quantitative estimate of drug-likeness (QED) is 0.286. The van der Waals surface area contributed by atoms with E-state index in [4.69, 9.17) is 11.1 Å². The van der Waals surface area contributed by atoms with E-state index in [1.54, 1.807) is 48.2 Å². The molecule has 0 aromatic carbocycles. The molecule has 4 N–H and O–H groups in total. The summed E-state index contributed by atoms with van der Waals surface area (Å²) in [6, 6.07) is 3.45. The molecule has 0 atom stereocenters. The number of hydrazone groups is 1. The lowest BCUT2D eigenvalue weighted by molar-refractivity contribution is 0.111. The number of allylic oxidation sites excluding steroid dienone is 2. The lowest BCUT2D eigenvalue weighted by atomic mass is 10.2. The van der Waals surface area contributed by atoms with E-state index in [9.17, 15) is 14.0 Å². The van der Waals surface area contributed by atoms with Crippen LogP contribution in [0.5, 0.6) is 0 Å². The first-order chi connectivity index (χ1) is 14.3. The van der Waals surface area contributed by atoms with Crippen molar-refractivity contribution < 1.29 is 9.18 Å². The summed E-state index contributed by atoms with van der Waals surface area (Å²) in [5.74, 6) is -0.804. The van der Waals surface area contributed by atoms with E-state index >= 15 is 0 Å². The topological polar surface area (TPSA) is 133 Å². The van der Waals surface area contributed by atoms with Crippen molar-refractivity contribution in [2.45, 2.75) is 13.0 Å². The molecule has 9 nitrogen and oxygen atoms in total. The predicted molar refractivity (Wildman–Crippen MR) is 115 cm³/mol. The minimum Gasteiger partial charge on any atom is -0.399 e. The van der Waals surface area contributed by atoms with Gasteiger partial charge in [0.05, 0.1) is 35.1 Å². The maximum Gasteiger partial charge on any atom is 0.252 e. The molecule has 3 aromatic heterocycles. The average Bonchev–Trinajstić information content (AvgIpc) is 3.24. The summed E-state index contributed by atoms with van der Waals surface area (Å²) in [5, 5.41) is 13.4. The van der Waals surface area contributed by atoms with Gasteiger partial charge in [0.25, 0.3) is 5.56 Å². The number of carbonyl (C=O) groups excluding carboxylic acids is 1. The van der Waals surface area contributed by atoms with Gasteiger partial charge in [0.1, 0.15) is 5.01 Å². The highest BCUT2D eigenvalue weighted by Crippen LogP contribution is 2.30. The molecule has 3 aromatic rings. The molecule has 0 aliphatic rings. The smallest absolute Gasteiger partial charge is 0.252 e. The summed E-state index contributed by atoms with van der Waals surface area (Å²) in [7, 11) is 3.42. The van der Waals surface area contributed by atoms with Gasteiger partial charge in [-0.3, -0.25) is 14.6 Å². The molecule has 0 aliphatic heterocycles. The fraction of sp³-hybridized carbons (Fsp3) is 0.211. The Morgan fingerprint density at radius 2 is 2.30 bits per heavy atom. The Hall–Kier alpha value is -3.60. The number of nitrogens with zero attached hydrogens (tertiary/aromatic N) is 4. The van der Waals surface area contributed by atoms with Crippen LogP contribution in [0.25, 0.3) is 10.3 Å². The molecule has 3 rings (SSSR count). The van der Waals surface area contributed by atoms with Crippen LogP contribution in [0, 0.1) is 5.41 Å². The van der Waals surface area contributed by atoms with E-state index in [1.807, 2.05) is 0 Å². The number of nitrogens with one attached hydrogen (secondary N) is 2. The Bertz CT molecular complexity index is 1220. The van der Waals surface area contributed by atoms with Gasteiger partial charge in [-0.2, -0.15) is 5.10 Å². The van der Waals surface area contributed by atoms with Crippen molar-refractivity contribution in [2.24, 2.45) is 17.9 Å². The molecular formula is C19H20FN7O2S. The van der Waals surface area contributed by atoms with Gasteiger partial charge in [-0.1, -0.05) is 6.07 Å². The van der Waals surface area contributed by atoms with Crippen molar-refractivity contribution in [3.05, 3.63) is 62.0 Å². The fourth-order valence-corrected chi connectivity index (χ4v) is 4.01. The number of aromatic nitrogens is 3. The van der Waals surface area contributed by atoms with Gasteiger partial charge in [-0.25, -0.2) is 9.37 Å². The maximum atomic E-state index is 13.5. The Morgan fingerprint density at radius 3 is 2.97 bits per heavy atom. The zero-order valence-electron chi connectivity index (χ0n) is 16.3. The Kier molecular flexibility index (Phi) is 6.21. The first kappa shape index (κ1) is 21.1. The van der Waals surface area contributed by atoms with Crippen LogP contribution < -0.4 is 11.3 Å². The Labute approximate surface area is 174 Å². The molecule has 0 saturated carbocycles. The molecule has 0 radical (unpaired) electrons. The third-order valence-electron chi connectivity index (χ3n) is 4.42. The van der Waals surface area contributed by atoms with Gasteiger partial charge in [0, 0.05) is 37.8 Å². The molecule has 0 unspecified atom stereocenters. The van der Waals surface area contributed by atoms with Gasteiger partial charge in [-0.05, 0) is 6.07 Å². The van der Waals surface area contributed by atoms with Crippen LogP contribution in [0.2, 0.25) is 0 Å². The normalized spacial score (nSPS) is 12.4. The second kappa shape index (κ2) is 8.82. The van der Waals surface area contributed by atoms with Crippen LogP contribution in [-0.4, -0.2) is 45.3 Å². The monoisotopic (exact) mass is 429 g/mol. The van der Waals surface area contributed by atoms with Crippen LogP contribution in [0.15, 0.2) is 39.7 Å². The Morgan fingerprint density at radius 1 is 1.53 bits per heavy atom. The molecule has 3 heterocycles. The summed E-state index contributed by atoms with van der Waals surface area (Å²) in [4.78, 5) is 30.5. The molecule has 0 fully saturated rings. The lowest BCUT2D eigenvalue weighted by Gasteiger charge is -2.11. The summed E-state index contributed by atoms with van der Waals surface area (Å²) in [6.07, 6.45) is 4.44.